The van der Waals surface area contributed by atoms with E-state index in [9.17, 15) is 17.6 Å². The van der Waals surface area contributed by atoms with Crippen LogP contribution in [0.4, 0.5) is 9.18 Å². The molecule has 35 heavy (non-hydrogen) atoms. The van der Waals surface area contributed by atoms with Crippen LogP contribution >= 0.6 is 0 Å². The smallest absolute Gasteiger partial charge is 0.421 e. The van der Waals surface area contributed by atoms with Gasteiger partial charge < -0.3 is 9.30 Å². The number of amides is 1. The Bertz CT molecular complexity index is 1370. The van der Waals surface area contributed by atoms with Gasteiger partial charge in [-0.1, -0.05) is 38.1 Å². The highest BCUT2D eigenvalue weighted by molar-refractivity contribution is 7.90. The number of imidazole rings is 1. The van der Waals surface area contributed by atoms with Gasteiger partial charge in [0.25, 0.3) is 10.0 Å². The van der Waals surface area contributed by atoms with E-state index in [1.165, 1.54) is 24.3 Å². The third kappa shape index (κ3) is 5.10. The highest BCUT2D eigenvalue weighted by atomic mass is 32.2. The summed E-state index contributed by atoms with van der Waals surface area (Å²) in [7, 11) is -2.17. The highest BCUT2D eigenvalue weighted by Gasteiger charge is 2.60. The first kappa shape index (κ1) is 24.9. The van der Waals surface area contributed by atoms with Crippen LogP contribution < -0.4 is 4.72 Å². The van der Waals surface area contributed by atoms with Crippen molar-refractivity contribution < 1.29 is 22.3 Å². The lowest BCUT2D eigenvalue weighted by molar-refractivity contribution is 0.0570. The summed E-state index contributed by atoms with van der Waals surface area (Å²) in [6.07, 6.45) is 0.949. The lowest BCUT2D eigenvalue weighted by atomic mass is 10.0. The number of hydrogen-bond acceptors (Lipinski definition) is 5. The minimum absolute atomic E-state index is 0.0201. The zero-order valence-corrected chi connectivity index (χ0v) is 21.5. The molecule has 3 aromatic rings. The number of ether oxygens (including phenoxy) is 1. The fraction of sp³-hybridized carbons (Fsp3) is 0.385. The van der Waals surface area contributed by atoms with Gasteiger partial charge in [0.05, 0.1) is 10.6 Å². The van der Waals surface area contributed by atoms with Crippen molar-refractivity contribution in [1.29, 1.82) is 0 Å². The van der Waals surface area contributed by atoms with E-state index < -0.39 is 21.7 Å². The Labute approximate surface area is 205 Å². The molecular weight excluding hydrogens is 469 g/mol. The molecule has 2 atom stereocenters. The molecule has 0 saturated heterocycles. The number of nitrogens with zero attached hydrogens (tertiary/aromatic N) is 2. The van der Waals surface area contributed by atoms with Gasteiger partial charge in [0.15, 0.2) is 0 Å². The molecule has 0 radical (unpaired) electrons. The van der Waals surface area contributed by atoms with Gasteiger partial charge in [-0.2, -0.15) is 0 Å². The molecule has 186 valence electrons. The molecule has 1 amide bonds. The van der Waals surface area contributed by atoms with E-state index in [1.54, 1.807) is 39.0 Å². The number of aromatic nitrogens is 2. The summed E-state index contributed by atoms with van der Waals surface area (Å²) in [6.45, 7) is 9.26. The van der Waals surface area contributed by atoms with Crippen molar-refractivity contribution in [3.8, 4) is 11.4 Å². The minimum Gasteiger partial charge on any atom is -0.443 e. The van der Waals surface area contributed by atoms with E-state index in [0.717, 1.165) is 11.3 Å². The molecule has 2 aromatic carbocycles. The van der Waals surface area contributed by atoms with Gasteiger partial charge in [0.1, 0.15) is 17.2 Å². The summed E-state index contributed by atoms with van der Waals surface area (Å²) in [4.78, 5) is 16.7. The van der Waals surface area contributed by atoms with Gasteiger partial charge in [-0.15, -0.1) is 0 Å². The molecule has 4 rings (SSSR count). The molecule has 1 aromatic heterocycles. The topological polar surface area (TPSA) is 90.3 Å². The quantitative estimate of drug-likeness (QED) is 0.511. The van der Waals surface area contributed by atoms with Crippen molar-refractivity contribution in [2.75, 3.05) is 0 Å². The molecule has 1 heterocycles. The lowest BCUT2D eigenvalue weighted by Crippen LogP contribution is -2.36. The normalized spacial score (nSPS) is 19.3. The van der Waals surface area contributed by atoms with Crippen LogP contribution in [0.25, 0.3) is 11.4 Å². The Kier molecular flexibility index (Phi) is 6.03. The second kappa shape index (κ2) is 8.48. The molecule has 1 saturated carbocycles. The Morgan fingerprint density at radius 1 is 1.11 bits per heavy atom. The van der Waals surface area contributed by atoms with Gasteiger partial charge in [0, 0.05) is 24.7 Å². The Morgan fingerprint density at radius 3 is 2.37 bits per heavy atom. The van der Waals surface area contributed by atoms with Gasteiger partial charge >= 0.3 is 6.09 Å². The minimum atomic E-state index is -4.06. The maximum atomic E-state index is 13.7. The monoisotopic (exact) mass is 499 g/mol. The second-order valence-corrected chi connectivity index (χ2v) is 12.2. The second-order valence-electron chi connectivity index (χ2n) is 10.6. The molecule has 9 heteroatoms. The van der Waals surface area contributed by atoms with Crippen molar-refractivity contribution in [3.63, 3.8) is 0 Å². The number of sulfonamides is 1. The fourth-order valence-electron chi connectivity index (χ4n) is 4.67. The Balaban J connectivity index is 1.54. The van der Waals surface area contributed by atoms with Crippen molar-refractivity contribution in [2.24, 2.45) is 12.5 Å². The molecule has 1 fully saturated rings. The number of rotatable bonds is 5. The molecule has 0 aliphatic heterocycles. The van der Waals surface area contributed by atoms with Gasteiger partial charge in [0.2, 0.25) is 0 Å². The van der Waals surface area contributed by atoms with Crippen molar-refractivity contribution in [1.82, 2.24) is 14.3 Å². The highest BCUT2D eigenvalue weighted by Crippen LogP contribution is 2.69. The molecule has 1 aliphatic rings. The summed E-state index contributed by atoms with van der Waals surface area (Å²) >= 11 is 0. The largest absolute Gasteiger partial charge is 0.443 e. The maximum absolute atomic E-state index is 13.7. The third-order valence-corrected chi connectivity index (χ3v) is 7.62. The number of hydrogen-bond donors (Lipinski definition) is 1. The molecule has 1 N–H and O–H groups in total. The molecule has 0 bridgehead atoms. The summed E-state index contributed by atoms with van der Waals surface area (Å²) < 4.78 is 47.8. The van der Waals surface area contributed by atoms with E-state index in [0.29, 0.717) is 11.4 Å². The number of aryl methyl sites for hydroxylation is 1. The first-order valence-electron chi connectivity index (χ1n) is 11.3. The van der Waals surface area contributed by atoms with Crippen LogP contribution in [0.3, 0.4) is 0 Å². The standard InChI is InChI=1S/C26H30FN3O4S/c1-25(2,3)34-24(31)29-35(32,33)19-12-10-16(11-13-19)21-22(26(21,4)5)20-15-30(6)23(28-20)17-8-7-9-18(27)14-17/h7-15,21-22H,1-6H3,(H,29,31)/t21-,22-/m0/s1. The Morgan fingerprint density at radius 2 is 1.77 bits per heavy atom. The first-order chi connectivity index (χ1) is 16.2. The first-order valence-corrected chi connectivity index (χ1v) is 12.8. The predicted molar refractivity (Wildman–Crippen MR) is 131 cm³/mol. The molecule has 0 unspecified atom stereocenters. The number of halogens is 1. The summed E-state index contributed by atoms with van der Waals surface area (Å²) in [5, 5.41) is 0. The summed E-state index contributed by atoms with van der Waals surface area (Å²) in [5.74, 6) is 0.634. The molecular formula is C26H30FN3O4S. The predicted octanol–water partition coefficient (Wildman–Crippen LogP) is 5.35. The zero-order valence-electron chi connectivity index (χ0n) is 20.7. The van der Waals surface area contributed by atoms with Crippen LogP contribution in [0.1, 0.15) is 57.7 Å². The Hall–Kier alpha value is -3.20. The summed E-state index contributed by atoms with van der Waals surface area (Å²) in [6, 6.07) is 12.9. The average Bonchev–Trinajstić information content (AvgIpc) is 3.09. The van der Waals surface area contributed by atoms with E-state index in [1.807, 2.05) is 28.6 Å². The third-order valence-electron chi connectivity index (χ3n) is 6.29. The van der Waals surface area contributed by atoms with E-state index in [2.05, 4.69) is 13.8 Å². The fourth-order valence-corrected chi connectivity index (χ4v) is 5.54. The number of carbonyl (C=O) groups excluding carboxylic acids is 1. The van der Waals surface area contributed by atoms with Gasteiger partial charge in [-0.05, 0) is 61.9 Å². The van der Waals surface area contributed by atoms with Crippen LogP contribution in [-0.4, -0.2) is 29.7 Å². The SMILES string of the molecule is Cn1cc([C@H]2[C@H](c3ccc(S(=O)(=O)NC(=O)OC(C)(C)C)cc3)C2(C)C)nc1-c1cccc(F)c1. The van der Waals surface area contributed by atoms with Crippen LogP contribution in [0.5, 0.6) is 0 Å². The average molecular weight is 500 g/mol. The van der Waals surface area contributed by atoms with Crippen molar-refractivity contribution >= 4 is 16.1 Å². The molecule has 7 nitrogen and oxygen atoms in total. The number of benzene rings is 2. The van der Waals surface area contributed by atoms with E-state index in [4.69, 9.17) is 9.72 Å². The van der Waals surface area contributed by atoms with Gasteiger partial charge in [-0.3, -0.25) is 0 Å². The van der Waals surface area contributed by atoms with Crippen LogP contribution in [0, 0.1) is 11.2 Å². The van der Waals surface area contributed by atoms with Crippen molar-refractivity contribution in [2.45, 2.75) is 57.0 Å². The van der Waals surface area contributed by atoms with Gasteiger partial charge in [-0.25, -0.2) is 27.3 Å². The lowest BCUT2D eigenvalue weighted by Gasteiger charge is -2.19. The number of carbonyl (C=O) groups is 1. The number of nitrogens with one attached hydrogen (secondary N) is 1. The van der Waals surface area contributed by atoms with Crippen molar-refractivity contribution in [3.05, 3.63) is 71.8 Å². The molecule has 1 aliphatic carbocycles. The van der Waals surface area contributed by atoms with E-state index in [-0.39, 0.29) is 28.0 Å². The van der Waals surface area contributed by atoms with Crippen LogP contribution in [0.2, 0.25) is 0 Å². The molecule has 0 spiro atoms. The van der Waals surface area contributed by atoms with E-state index >= 15 is 0 Å². The summed E-state index contributed by atoms with van der Waals surface area (Å²) in [5.41, 5.74) is 1.69. The zero-order chi connectivity index (χ0) is 25.8. The van der Waals surface area contributed by atoms with Crippen LogP contribution in [0.15, 0.2) is 59.6 Å². The maximum Gasteiger partial charge on any atom is 0.421 e. The van der Waals surface area contributed by atoms with Crippen LogP contribution in [-0.2, 0) is 21.8 Å².